The molecule has 0 unspecified atom stereocenters. The van der Waals surface area contributed by atoms with E-state index in [1.54, 1.807) is 73.9 Å². The molecule has 66 heavy (non-hydrogen) atoms. The van der Waals surface area contributed by atoms with Crippen LogP contribution in [0.2, 0.25) is 0 Å². The lowest BCUT2D eigenvalue weighted by Crippen LogP contribution is -2.32. The third-order valence-corrected chi connectivity index (χ3v) is 12.4. The molecule has 0 radical (unpaired) electrons. The van der Waals surface area contributed by atoms with Crippen LogP contribution >= 0.6 is 0 Å². The Morgan fingerprint density at radius 2 is 1.20 bits per heavy atom. The lowest BCUT2D eigenvalue weighted by Gasteiger charge is -2.29. The maximum absolute atomic E-state index is 13.4. The Hall–Kier alpha value is -5.35. The SMILES string of the molecule is CC(=CC=CC=CC(C)=[N+](CCCS(=O)(=O)O)c1ccc(C(=O)NCCCC(=O)O)cc1C)N(CCCS(=O)(=O)O)c1cc(C(=O)NCCS(=O)(=O)O)cc(C(=O)NCCS(=O)(=O)O)c1C. The van der Waals surface area contributed by atoms with E-state index in [4.69, 9.17) is 14.2 Å². The number of hydrogen-bond donors (Lipinski definition) is 8. The molecule has 8 N–H and O–H groups in total. The number of carbonyl (C=O) groups excluding carboxylic acids is 3. The quantitative estimate of drug-likeness (QED) is 0.0209. The van der Waals surface area contributed by atoms with Crippen LogP contribution in [0.4, 0.5) is 11.4 Å². The van der Waals surface area contributed by atoms with E-state index in [2.05, 4.69) is 16.0 Å². The molecular formula is C40H56N5O17S4+. The number of anilines is 1. The van der Waals surface area contributed by atoms with Crippen molar-refractivity contribution in [1.82, 2.24) is 16.0 Å². The van der Waals surface area contributed by atoms with E-state index in [0.29, 0.717) is 28.2 Å². The molecule has 26 heteroatoms. The molecule has 2 aromatic rings. The molecule has 0 bridgehead atoms. The first-order valence-electron chi connectivity index (χ1n) is 20.0. The van der Waals surface area contributed by atoms with Gasteiger partial charge in [-0.15, -0.1) is 0 Å². The fourth-order valence-electron chi connectivity index (χ4n) is 6.19. The summed E-state index contributed by atoms with van der Waals surface area (Å²) in [6.45, 7) is 5.72. The average Bonchev–Trinajstić information content (AvgIpc) is 3.18. The molecule has 0 aliphatic carbocycles. The normalized spacial score (nSPS) is 13.1. The summed E-state index contributed by atoms with van der Waals surface area (Å²) < 4.78 is 130. The largest absolute Gasteiger partial charge is 0.481 e. The zero-order valence-electron chi connectivity index (χ0n) is 36.6. The Morgan fingerprint density at radius 3 is 1.76 bits per heavy atom. The van der Waals surface area contributed by atoms with Crippen molar-refractivity contribution in [3.63, 3.8) is 0 Å². The summed E-state index contributed by atoms with van der Waals surface area (Å²) >= 11 is 0. The highest BCUT2D eigenvalue weighted by Crippen LogP contribution is 2.29. The topological polar surface area (TPSA) is 348 Å². The van der Waals surface area contributed by atoms with Gasteiger partial charge in [0, 0.05) is 91.7 Å². The van der Waals surface area contributed by atoms with Gasteiger partial charge in [0.2, 0.25) is 5.69 Å². The first-order chi connectivity index (χ1) is 30.5. The molecule has 0 aromatic heterocycles. The molecule has 0 fully saturated rings. The van der Waals surface area contributed by atoms with Gasteiger partial charge in [-0.1, -0.05) is 18.2 Å². The molecule has 2 aromatic carbocycles. The fraction of sp³-hybridized carbons (Fsp3) is 0.425. The van der Waals surface area contributed by atoms with E-state index in [9.17, 15) is 62.0 Å². The first-order valence-corrected chi connectivity index (χ1v) is 26.4. The lowest BCUT2D eigenvalue weighted by atomic mass is 9.99. The summed E-state index contributed by atoms with van der Waals surface area (Å²) in [5.74, 6) is -6.01. The van der Waals surface area contributed by atoms with Crippen LogP contribution in [0.1, 0.15) is 81.7 Å². The molecule has 0 saturated carbocycles. The number of nitrogens with zero attached hydrogens (tertiary/aromatic N) is 2. The number of benzene rings is 2. The Bertz CT molecular complexity index is 2700. The number of carbonyl (C=O) groups is 4. The number of nitrogens with one attached hydrogen (secondary N) is 3. The average molecular weight is 1010 g/mol. The standard InChI is InChI=1S/C40H55N5O17S4/c1-28-25-32(38(48)41-16-8-13-37(46)47)14-15-35(28)44(19-9-21-63(51,52)53)29(2)11-6-5-7-12-30(3)45(20-10-22-64(54,55)56)36-27-33(39(49)42-17-23-65(57,58)59)26-34(31(36)4)40(50)43-18-24-66(60,61)62/h5-7,11-12,14-15,25-27H,8-10,13,16-24H2,1-4H3,(H7-,41,42,43,46,47,48,49,50,51,52,53,54,55,56,57,58,59,60,61,62)/p+1. The van der Waals surface area contributed by atoms with Crippen molar-refractivity contribution in [3.05, 3.63) is 94.2 Å². The summed E-state index contributed by atoms with van der Waals surface area (Å²) in [6.07, 6.45) is 8.14. The van der Waals surface area contributed by atoms with Crippen molar-refractivity contribution in [3.8, 4) is 0 Å². The summed E-state index contributed by atoms with van der Waals surface area (Å²) in [6, 6.07) is 7.33. The van der Waals surface area contributed by atoms with E-state index < -0.39 is 100 Å². The van der Waals surface area contributed by atoms with Crippen molar-refractivity contribution in [1.29, 1.82) is 0 Å². The molecule has 0 aliphatic heterocycles. The highest BCUT2D eigenvalue weighted by molar-refractivity contribution is 7.86. The van der Waals surface area contributed by atoms with Gasteiger partial charge in [0.05, 0.1) is 23.0 Å². The van der Waals surface area contributed by atoms with Crippen LogP contribution in [0.3, 0.4) is 0 Å². The van der Waals surface area contributed by atoms with Gasteiger partial charge in [-0.05, 0) is 69.5 Å². The molecular weight excluding hydrogens is 951 g/mol. The van der Waals surface area contributed by atoms with Gasteiger partial charge in [0.1, 0.15) is 6.54 Å². The van der Waals surface area contributed by atoms with Gasteiger partial charge in [-0.3, -0.25) is 37.4 Å². The van der Waals surface area contributed by atoms with Gasteiger partial charge in [0.15, 0.2) is 5.71 Å². The Morgan fingerprint density at radius 1 is 0.652 bits per heavy atom. The minimum absolute atomic E-state index is 0.0290. The molecule has 366 valence electrons. The van der Waals surface area contributed by atoms with Crippen LogP contribution in [0, 0.1) is 13.8 Å². The minimum Gasteiger partial charge on any atom is -0.481 e. The molecule has 0 heterocycles. The number of carboxylic acid groups (broad SMARTS) is 1. The van der Waals surface area contributed by atoms with Crippen LogP contribution in [0.5, 0.6) is 0 Å². The molecule has 0 saturated heterocycles. The number of carboxylic acids is 1. The molecule has 0 atom stereocenters. The van der Waals surface area contributed by atoms with Gasteiger partial charge >= 0.3 is 5.97 Å². The summed E-state index contributed by atoms with van der Waals surface area (Å²) in [4.78, 5) is 51.6. The highest BCUT2D eigenvalue weighted by atomic mass is 32.2. The maximum atomic E-state index is 13.4. The second-order valence-corrected chi connectivity index (χ2v) is 21.1. The molecule has 0 aliphatic rings. The van der Waals surface area contributed by atoms with Crippen molar-refractivity contribution >= 4 is 81.2 Å². The fourth-order valence-corrected chi connectivity index (χ4v) is 7.90. The van der Waals surface area contributed by atoms with Gasteiger partial charge in [0.25, 0.3) is 58.2 Å². The maximum Gasteiger partial charge on any atom is 0.303 e. The van der Waals surface area contributed by atoms with E-state index in [0.717, 1.165) is 6.07 Å². The molecule has 2 rings (SSSR count). The van der Waals surface area contributed by atoms with Gasteiger partial charge in [-0.25, -0.2) is 0 Å². The number of amides is 3. The van der Waals surface area contributed by atoms with E-state index in [1.165, 1.54) is 17.9 Å². The number of rotatable bonds is 27. The van der Waals surface area contributed by atoms with Crippen LogP contribution in [-0.2, 0) is 45.3 Å². The predicted octanol–water partition coefficient (Wildman–Crippen LogP) is 2.32. The van der Waals surface area contributed by atoms with Crippen LogP contribution in [0.25, 0.3) is 0 Å². The lowest BCUT2D eigenvalue weighted by molar-refractivity contribution is -0.440. The summed E-state index contributed by atoms with van der Waals surface area (Å²) in [5.41, 5.74) is 2.65. The number of hydrogen-bond acceptors (Lipinski definition) is 13. The molecule has 3 amide bonds. The van der Waals surface area contributed by atoms with Crippen LogP contribution in [0.15, 0.2) is 66.4 Å². The van der Waals surface area contributed by atoms with E-state index in [1.807, 2.05) is 0 Å². The zero-order valence-corrected chi connectivity index (χ0v) is 39.9. The number of allylic oxidation sites excluding steroid dienone is 6. The summed E-state index contributed by atoms with van der Waals surface area (Å²) in [5, 5.41) is 16.2. The number of aliphatic carboxylic acids is 1. The van der Waals surface area contributed by atoms with E-state index in [-0.39, 0.29) is 67.7 Å². The van der Waals surface area contributed by atoms with Gasteiger partial charge < -0.3 is 26.0 Å². The van der Waals surface area contributed by atoms with Gasteiger partial charge in [-0.2, -0.15) is 38.2 Å². The van der Waals surface area contributed by atoms with E-state index >= 15 is 0 Å². The first kappa shape index (κ1) is 56.8. The molecule has 0 spiro atoms. The van der Waals surface area contributed by atoms with Crippen molar-refractivity contribution < 1.29 is 80.7 Å². The van der Waals surface area contributed by atoms with Crippen molar-refractivity contribution in [2.75, 3.05) is 60.6 Å². The third-order valence-electron chi connectivity index (χ3n) is 9.39. The van der Waals surface area contributed by atoms with Crippen molar-refractivity contribution in [2.24, 2.45) is 0 Å². The summed E-state index contributed by atoms with van der Waals surface area (Å²) in [7, 11) is -17.6. The van der Waals surface area contributed by atoms with Crippen LogP contribution in [-0.4, -0.2) is 147 Å². The number of aryl methyl sites for hydroxylation is 1. The third kappa shape index (κ3) is 21.8. The zero-order chi connectivity index (χ0) is 50.0. The highest BCUT2D eigenvalue weighted by Gasteiger charge is 2.23. The Kier molecular flexibility index (Phi) is 22.0. The Labute approximate surface area is 384 Å². The second kappa shape index (κ2) is 25.5. The molecule has 22 nitrogen and oxygen atoms in total. The van der Waals surface area contributed by atoms with Crippen LogP contribution < -0.4 is 20.9 Å². The Balaban J connectivity index is 2.62. The second-order valence-electron chi connectivity index (χ2n) is 14.8. The minimum atomic E-state index is -4.47. The predicted molar refractivity (Wildman–Crippen MR) is 246 cm³/mol. The monoisotopic (exact) mass is 1010 g/mol. The van der Waals surface area contributed by atoms with Crippen molar-refractivity contribution in [2.45, 2.75) is 53.4 Å². The smallest absolute Gasteiger partial charge is 0.303 e.